The largest absolute Gasteiger partial charge is 0.476 e. The van der Waals surface area contributed by atoms with Crippen LogP contribution in [0.5, 0.6) is 0 Å². The number of nitrogens with zero attached hydrogens (tertiary/aromatic N) is 3. The molecule has 7 heteroatoms. The Labute approximate surface area is 92.1 Å². The van der Waals surface area contributed by atoms with Gasteiger partial charge in [-0.1, -0.05) is 5.16 Å². The number of carboxylic acids is 1. The van der Waals surface area contributed by atoms with Gasteiger partial charge in [-0.2, -0.15) is 0 Å². The lowest BCUT2D eigenvalue weighted by molar-refractivity contribution is 0.0686. The molecule has 0 aromatic carbocycles. The van der Waals surface area contributed by atoms with E-state index < -0.39 is 5.97 Å². The van der Waals surface area contributed by atoms with Crippen LogP contribution in [-0.2, 0) is 0 Å². The van der Waals surface area contributed by atoms with Gasteiger partial charge >= 0.3 is 5.97 Å². The summed E-state index contributed by atoms with van der Waals surface area (Å²) in [4.78, 5) is 18.4. The smallest absolute Gasteiger partial charge is 0.358 e. The molecule has 0 atom stereocenters. The zero-order valence-electron chi connectivity index (χ0n) is 7.22. The molecule has 0 bridgehead atoms. The Hall–Kier alpha value is -1.76. The molecule has 1 N–H and O–H groups in total. The van der Waals surface area contributed by atoms with Crippen LogP contribution >= 0.6 is 15.9 Å². The molecule has 15 heavy (non-hydrogen) atoms. The molecule has 0 aliphatic rings. The fourth-order valence-electron chi connectivity index (χ4n) is 0.921. The Morgan fingerprint density at radius 3 is 2.60 bits per heavy atom. The van der Waals surface area contributed by atoms with Crippen molar-refractivity contribution in [1.82, 2.24) is 15.1 Å². The second-order valence-electron chi connectivity index (χ2n) is 2.61. The van der Waals surface area contributed by atoms with Crippen LogP contribution < -0.4 is 0 Å². The van der Waals surface area contributed by atoms with Crippen LogP contribution in [0.1, 0.15) is 10.5 Å². The van der Waals surface area contributed by atoms with Crippen LogP contribution in [0.2, 0.25) is 0 Å². The highest BCUT2D eigenvalue weighted by Gasteiger charge is 2.13. The van der Waals surface area contributed by atoms with Gasteiger partial charge in [0.25, 0.3) is 0 Å². The van der Waals surface area contributed by atoms with E-state index in [1.54, 1.807) is 0 Å². The first-order valence-electron chi connectivity index (χ1n) is 3.85. The molecule has 0 aliphatic heterocycles. The number of carboxylic acid groups (broad SMARTS) is 1. The van der Waals surface area contributed by atoms with Crippen molar-refractivity contribution in [2.45, 2.75) is 0 Å². The maximum absolute atomic E-state index is 10.5. The highest BCUT2D eigenvalue weighted by atomic mass is 79.9. The fraction of sp³-hybridized carbons (Fsp3) is 0. The lowest BCUT2D eigenvalue weighted by atomic mass is 10.3. The molecule has 6 nitrogen and oxygen atoms in total. The standard InChI is InChI=1S/C8H4BrN3O3/c9-4-2-10-7(11-3-4)6-1-5(8(13)14)12-15-6/h1-3H,(H,13,14). The Morgan fingerprint density at radius 2 is 2.07 bits per heavy atom. The predicted octanol–water partition coefficient (Wildman–Crippen LogP) is 1.59. The topological polar surface area (TPSA) is 89.1 Å². The Morgan fingerprint density at radius 1 is 1.40 bits per heavy atom. The second kappa shape index (κ2) is 3.77. The van der Waals surface area contributed by atoms with Crippen molar-refractivity contribution in [3.63, 3.8) is 0 Å². The molecule has 2 heterocycles. The third-order valence-electron chi connectivity index (χ3n) is 1.57. The van der Waals surface area contributed by atoms with E-state index >= 15 is 0 Å². The van der Waals surface area contributed by atoms with Gasteiger partial charge in [0.1, 0.15) is 0 Å². The normalized spacial score (nSPS) is 10.2. The summed E-state index contributed by atoms with van der Waals surface area (Å²) in [6.07, 6.45) is 3.07. The Kier molecular flexibility index (Phi) is 2.46. The molecule has 0 unspecified atom stereocenters. The second-order valence-corrected chi connectivity index (χ2v) is 3.52. The molecule has 0 saturated heterocycles. The van der Waals surface area contributed by atoms with Crippen LogP contribution in [0.3, 0.4) is 0 Å². The van der Waals surface area contributed by atoms with Crippen molar-refractivity contribution in [1.29, 1.82) is 0 Å². The van der Waals surface area contributed by atoms with Gasteiger partial charge in [-0.25, -0.2) is 14.8 Å². The molecule has 2 rings (SSSR count). The van der Waals surface area contributed by atoms with Crippen molar-refractivity contribution < 1.29 is 14.4 Å². The summed E-state index contributed by atoms with van der Waals surface area (Å²) < 4.78 is 5.51. The van der Waals surface area contributed by atoms with Crippen molar-refractivity contribution in [3.8, 4) is 11.6 Å². The minimum atomic E-state index is -1.15. The summed E-state index contributed by atoms with van der Waals surface area (Å²) in [7, 11) is 0. The van der Waals surface area contributed by atoms with Gasteiger partial charge in [0, 0.05) is 18.5 Å². The van der Waals surface area contributed by atoms with Crippen molar-refractivity contribution in [2.24, 2.45) is 0 Å². The van der Waals surface area contributed by atoms with Crippen LogP contribution in [0.15, 0.2) is 27.5 Å². The van der Waals surface area contributed by atoms with Crippen molar-refractivity contribution >= 4 is 21.9 Å². The molecule has 76 valence electrons. The quantitative estimate of drug-likeness (QED) is 0.891. The summed E-state index contributed by atoms with van der Waals surface area (Å²) >= 11 is 3.18. The van der Waals surface area contributed by atoms with Gasteiger partial charge in [-0.05, 0) is 15.9 Å². The highest BCUT2D eigenvalue weighted by molar-refractivity contribution is 9.10. The van der Waals surface area contributed by atoms with E-state index in [-0.39, 0.29) is 11.5 Å². The van der Waals surface area contributed by atoms with Gasteiger partial charge in [-0.3, -0.25) is 0 Å². The maximum atomic E-state index is 10.5. The van der Waals surface area contributed by atoms with Crippen LogP contribution in [-0.4, -0.2) is 26.2 Å². The van der Waals surface area contributed by atoms with E-state index in [9.17, 15) is 4.79 Å². The van der Waals surface area contributed by atoms with Crippen LogP contribution in [0.4, 0.5) is 0 Å². The van der Waals surface area contributed by atoms with E-state index in [4.69, 9.17) is 9.63 Å². The lowest BCUT2D eigenvalue weighted by Crippen LogP contribution is -1.94. The molecule has 0 spiro atoms. The summed E-state index contributed by atoms with van der Waals surface area (Å²) in [5.74, 6) is -0.639. The summed E-state index contributed by atoms with van der Waals surface area (Å²) in [6.45, 7) is 0. The average Bonchev–Trinajstić information content (AvgIpc) is 2.68. The van der Waals surface area contributed by atoms with E-state index in [0.717, 1.165) is 4.47 Å². The molecule has 0 radical (unpaired) electrons. The van der Waals surface area contributed by atoms with Crippen molar-refractivity contribution in [3.05, 3.63) is 28.6 Å². The van der Waals surface area contributed by atoms with E-state index in [1.807, 2.05) is 0 Å². The minimum absolute atomic E-state index is 0.170. The van der Waals surface area contributed by atoms with Gasteiger partial charge in [-0.15, -0.1) is 0 Å². The van der Waals surface area contributed by atoms with E-state index in [0.29, 0.717) is 5.82 Å². The molecule has 0 aliphatic carbocycles. The minimum Gasteiger partial charge on any atom is -0.476 e. The first kappa shape index (κ1) is 9.78. The SMILES string of the molecule is O=C(O)c1cc(-c2ncc(Br)cn2)on1. The Balaban J connectivity index is 2.37. The number of carbonyl (C=O) groups is 1. The number of halogens is 1. The molecule has 0 amide bonds. The molecule has 2 aromatic heterocycles. The van der Waals surface area contributed by atoms with Crippen LogP contribution in [0, 0.1) is 0 Å². The third kappa shape index (κ3) is 2.01. The predicted molar refractivity (Wildman–Crippen MR) is 52.2 cm³/mol. The zero-order valence-corrected chi connectivity index (χ0v) is 8.80. The molecule has 0 saturated carbocycles. The summed E-state index contributed by atoms with van der Waals surface area (Å²) in [5.41, 5.74) is -0.170. The Bertz CT molecular complexity index is 494. The fourth-order valence-corrected chi connectivity index (χ4v) is 1.13. The lowest BCUT2D eigenvalue weighted by Gasteiger charge is -1.92. The summed E-state index contributed by atoms with van der Waals surface area (Å²) in [6, 6.07) is 1.27. The third-order valence-corrected chi connectivity index (χ3v) is 1.98. The van der Waals surface area contributed by atoms with Crippen LogP contribution in [0.25, 0.3) is 11.6 Å². The zero-order chi connectivity index (χ0) is 10.8. The van der Waals surface area contributed by atoms with E-state index in [2.05, 4.69) is 31.1 Å². The first-order valence-corrected chi connectivity index (χ1v) is 4.64. The first-order chi connectivity index (χ1) is 7.16. The summed E-state index contributed by atoms with van der Waals surface area (Å²) in [5, 5.41) is 12.0. The number of hydrogen-bond acceptors (Lipinski definition) is 5. The molecular weight excluding hydrogens is 266 g/mol. The molecule has 2 aromatic rings. The number of aromatic nitrogens is 3. The van der Waals surface area contributed by atoms with Crippen molar-refractivity contribution in [2.75, 3.05) is 0 Å². The monoisotopic (exact) mass is 269 g/mol. The van der Waals surface area contributed by atoms with Gasteiger partial charge < -0.3 is 9.63 Å². The number of hydrogen-bond donors (Lipinski definition) is 1. The maximum Gasteiger partial charge on any atom is 0.358 e. The van der Waals surface area contributed by atoms with Gasteiger partial charge in [0.05, 0.1) is 4.47 Å². The average molecular weight is 270 g/mol. The van der Waals surface area contributed by atoms with Gasteiger partial charge in [0.15, 0.2) is 11.5 Å². The van der Waals surface area contributed by atoms with Gasteiger partial charge in [0.2, 0.25) is 5.76 Å². The molecule has 0 fully saturated rings. The number of aromatic carboxylic acids is 1. The molecular formula is C8H4BrN3O3. The highest BCUT2D eigenvalue weighted by Crippen LogP contribution is 2.16. The van der Waals surface area contributed by atoms with E-state index in [1.165, 1.54) is 18.5 Å². The number of rotatable bonds is 2.